The minimum Gasteiger partial charge on any atom is -0.478 e. The molecule has 6 heteroatoms. The predicted molar refractivity (Wildman–Crippen MR) is 92.4 cm³/mol. The zero-order valence-corrected chi connectivity index (χ0v) is 13.6. The Kier molecular flexibility index (Phi) is 6.06. The van der Waals surface area contributed by atoms with Crippen molar-refractivity contribution >= 4 is 23.5 Å². The van der Waals surface area contributed by atoms with E-state index in [4.69, 9.17) is 9.84 Å². The van der Waals surface area contributed by atoms with E-state index < -0.39 is 12.1 Å². The Balaban J connectivity index is 1.92. The fraction of sp³-hybridized carbons (Fsp3) is 0.105. The second-order valence-corrected chi connectivity index (χ2v) is 5.26. The summed E-state index contributed by atoms with van der Waals surface area (Å²) in [7, 11) is 0. The molecule has 0 aliphatic rings. The summed E-state index contributed by atoms with van der Waals surface area (Å²) in [5.41, 5.74) is 1.79. The second-order valence-electron chi connectivity index (χ2n) is 5.26. The molecule has 2 N–H and O–H groups in total. The largest absolute Gasteiger partial charge is 0.478 e. The van der Waals surface area contributed by atoms with Gasteiger partial charge in [0.25, 0.3) is 0 Å². The maximum Gasteiger partial charge on any atom is 0.411 e. The first kappa shape index (κ1) is 17.9. The van der Waals surface area contributed by atoms with Crippen molar-refractivity contribution in [1.29, 1.82) is 0 Å². The molecule has 2 aromatic carbocycles. The van der Waals surface area contributed by atoms with Crippen molar-refractivity contribution in [3.05, 3.63) is 77.4 Å². The second kappa shape index (κ2) is 8.44. The first-order chi connectivity index (χ1) is 12.0. The Morgan fingerprint density at radius 3 is 2.28 bits per heavy atom. The number of allylic oxidation sites excluding steroid dienone is 1. The van der Waals surface area contributed by atoms with Crippen LogP contribution < -0.4 is 5.32 Å². The average Bonchev–Trinajstić information content (AvgIpc) is 2.60. The van der Waals surface area contributed by atoms with Gasteiger partial charge in [0, 0.05) is 22.9 Å². The van der Waals surface area contributed by atoms with Gasteiger partial charge in [-0.2, -0.15) is 0 Å². The standard InChI is InChI=1S/C19H17NO5/c1-13(11-17(21)22)18(23)15-7-9-16(10-8-15)20-19(24)25-12-14-5-3-2-4-6-14/h2-11H,12H2,1H3,(H,20,24)(H,21,22)/b13-11-. The van der Waals surface area contributed by atoms with Gasteiger partial charge >= 0.3 is 12.1 Å². The fourth-order valence-corrected chi connectivity index (χ4v) is 2.06. The van der Waals surface area contributed by atoms with Crippen LogP contribution in [0, 0.1) is 0 Å². The number of anilines is 1. The highest BCUT2D eigenvalue weighted by atomic mass is 16.5. The molecule has 0 unspecified atom stereocenters. The van der Waals surface area contributed by atoms with E-state index in [1.54, 1.807) is 12.1 Å². The van der Waals surface area contributed by atoms with Gasteiger partial charge in [0.05, 0.1) is 0 Å². The Morgan fingerprint density at radius 1 is 1.04 bits per heavy atom. The zero-order chi connectivity index (χ0) is 18.2. The molecule has 2 rings (SSSR count). The number of nitrogens with one attached hydrogen (secondary N) is 1. The molecule has 0 aliphatic carbocycles. The number of carboxylic acids is 1. The van der Waals surface area contributed by atoms with E-state index >= 15 is 0 Å². The van der Waals surface area contributed by atoms with Crippen LogP contribution in [-0.2, 0) is 16.1 Å². The number of benzene rings is 2. The summed E-state index contributed by atoms with van der Waals surface area (Å²) in [5, 5.41) is 11.2. The Morgan fingerprint density at radius 2 is 1.68 bits per heavy atom. The third kappa shape index (κ3) is 5.62. The lowest BCUT2D eigenvalue weighted by atomic mass is 10.0. The molecular weight excluding hydrogens is 322 g/mol. The van der Waals surface area contributed by atoms with E-state index in [9.17, 15) is 14.4 Å². The highest BCUT2D eigenvalue weighted by Gasteiger charge is 2.10. The van der Waals surface area contributed by atoms with Crippen molar-refractivity contribution in [1.82, 2.24) is 0 Å². The number of ketones is 1. The summed E-state index contributed by atoms with van der Waals surface area (Å²) in [6.45, 7) is 1.59. The minimum absolute atomic E-state index is 0.121. The number of hydrogen-bond donors (Lipinski definition) is 2. The van der Waals surface area contributed by atoms with Crippen LogP contribution in [0.15, 0.2) is 66.2 Å². The molecule has 0 aromatic heterocycles. The maximum atomic E-state index is 12.0. The normalized spacial score (nSPS) is 10.8. The van der Waals surface area contributed by atoms with Crippen molar-refractivity contribution < 1.29 is 24.2 Å². The van der Waals surface area contributed by atoms with Gasteiger partial charge in [0.15, 0.2) is 5.78 Å². The highest BCUT2D eigenvalue weighted by molar-refractivity contribution is 6.10. The van der Waals surface area contributed by atoms with Gasteiger partial charge in [-0.25, -0.2) is 9.59 Å². The first-order valence-electron chi connectivity index (χ1n) is 7.49. The van der Waals surface area contributed by atoms with Gasteiger partial charge < -0.3 is 9.84 Å². The Bertz CT molecular complexity index is 794. The molecule has 0 spiro atoms. The van der Waals surface area contributed by atoms with Crippen LogP contribution in [0.25, 0.3) is 0 Å². The summed E-state index contributed by atoms with van der Waals surface area (Å²) < 4.78 is 5.10. The summed E-state index contributed by atoms with van der Waals surface area (Å²) >= 11 is 0. The summed E-state index contributed by atoms with van der Waals surface area (Å²) in [6.07, 6.45) is 0.250. The number of carboxylic acid groups (broad SMARTS) is 1. The molecule has 0 radical (unpaired) electrons. The van der Waals surface area contributed by atoms with Crippen molar-refractivity contribution in [2.24, 2.45) is 0 Å². The van der Waals surface area contributed by atoms with Gasteiger partial charge in [0.1, 0.15) is 6.61 Å². The minimum atomic E-state index is -1.18. The number of carbonyl (C=O) groups excluding carboxylic acids is 2. The SMILES string of the molecule is C/C(=C/C(=O)O)C(=O)c1ccc(NC(=O)OCc2ccccc2)cc1. The monoisotopic (exact) mass is 339 g/mol. The lowest BCUT2D eigenvalue weighted by Crippen LogP contribution is -2.13. The third-order valence-corrected chi connectivity index (χ3v) is 3.30. The summed E-state index contributed by atoms with van der Waals surface area (Å²) in [5.74, 6) is -1.56. The quantitative estimate of drug-likeness (QED) is 0.619. The number of hydrogen-bond acceptors (Lipinski definition) is 4. The van der Waals surface area contributed by atoms with Crippen LogP contribution in [0.1, 0.15) is 22.8 Å². The van der Waals surface area contributed by atoms with Crippen LogP contribution in [0.5, 0.6) is 0 Å². The van der Waals surface area contributed by atoms with Crippen molar-refractivity contribution in [2.75, 3.05) is 5.32 Å². The van der Waals surface area contributed by atoms with E-state index in [0.717, 1.165) is 11.6 Å². The highest BCUT2D eigenvalue weighted by Crippen LogP contribution is 2.14. The average molecular weight is 339 g/mol. The topological polar surface area (TPSA) is 92.7 Å². The smallest absolute Gasteiger partial charge is 0.411 e. The molecule has 0 heterocycles. The van der Waals surface area contributed by atoms with E-state index in [2.05, 4.69) is 5.32 Å². The van der Waals surface area contributed by atoms with Crippen LogP contribution >= 0.6 is 0 Å². The first-order valence-corrected chi connectivity index (χ1v) is 7.49. The molecule has 0 fully saturated rings. The van der Waals surface area contributed by atoms with E-state index in [0.29, 0.717) is 11.3 Å². The molecule has 25 heavy (non-hydrogen) atoms. The fourth-order valence-electron chi connectivity index (χ4n) is 2.06. The third-order valence-electron chi connectivity index (χ3n) is 3.30. The molecule has 0 atom stereocenters. The van der Waals surface area contributed by atoms with Gasteiger partial charge in [-0.1, -0.05) is 30.3 Å². The zero-order valence-electron chi connectivity index (χ0n) is 13.6. The summed E-state index contributed by atoms with van der Waals surface area (Å²) in [6, 6.07) is 15.4. The molecule has 1 amide bonds. The van der Waals surface area contributed by atoms with Gasteiger partial charge in [-0.15, -0.1) is 0 Å². The molecule has 0 saturated carbocycles. The predicted octanol–water partition coefficient (Wildman–Crippen LogP) is 3.65. The number of aliphatic carboxylic acids is 1. The number of carbonyl (C=O) groups is 3. The molecule has 128 valence electrons. The van der Waals surface area contributed by atoms with Crippen LogP contribution in [0.4, 0.5) is 10.5 Å². The number of amides is 1. The number of Topliss-reactive ketones (excluding diaryl/α,β-unsaturated/α-hetero) is 1. The molecule has 6 nitrogen and oxygen atoms in total. The van der Waals surface area contributed by atoms with Gasteiger partial charge in [-0.3, -0.25) is 10.1 Å². The van der Waals surface area contributed by atoms with E-state index in [-0.39, 0.29) is 18.0 Å². The Hall–Kier alpha value is -3.41. The van der Waals surface area contributed by atoms with Crippen LogP contribution in [-0.4, -0.2) is 23.0 Å². The molecule has 0 aliphatic heterocycles. The van der Waals surface area contributed by atoms with E-state index in [1.165, 1.54) is 19.1 Å². The lowest BCUT2D eigenvalue weighted by Gasteiger charge is -2.08. The van der Waals surface area contributed by atoms with Crippen LogP contribution in [0.3, 0.4) is 0 Å². The molecule has 0 saturated heterocycles. The lowest BCUT2D eigenvalue weighted by molar-refractivity contribution is -0.131. The van der Waals surface area contributed by atoms with Gasteiger partial charge in [-0.05, 0) is 36.8 Å². The Labute approximate surface area is 144 Å². The van der Waals surface area contributed by atoms with Crippen molar-refractivity contribution in [3.8, 4) is 0 Å². The van der Waals surface area contributed by atoms with Crippen LogP contribution in [0.2, 0.25) is 0 Å². The number of ether oxygens (including phenoxy) is 1. The van der Waals surface area contributed by atoms with E-state index in [1.807, 2.05) is 30.3 Å². The summed E-state index contributed by atoms with van der Waals surface area (Å²) in [4.78, 5) is 34.4. The number of rotatable bonds is 6. The molecular formula is C19H17NO5. The van der Waals surface area contributed by atoms with Crippen molar-refractivity contribution in [3.63, 3.8) is 0 Å². The molecule has 0 bridgehead atoms. The van der Waals surface area contributed by atoms with Gasteiger partial charge in [0.2, 0.25) is 0 Å². The molecule has 2 aromatic rings. The van der Waals surface area contributed by atoms with Crippen molar-refractivity contribution in [2.45, 2.75) is 13.5 Å². The maximum absolute atomic E-state index is 12.0.